The minimum Gasteiger partial charge on any atom is -0.478 e. The van der Waals surface area contributed by atoms with Crippen molar-refractivity contribution < 1.29 is 23.9 Å². The molecule has 3 aromatic carbocycles. The van der Waals surface area contributed by atoms with Gasteiger partial charge in [-0.25, -0.2) is 9.18 Å². The van der Waals surface area contributed by atoms with E-state index in [1.807, 2.05) is 37.3 Å². The lowest BCUT2D eigenvalue weighted by Crippen LogP contribution is -2.37. The van der Waals surface area contributed by atoms with E-state index < -0.39 is 11.8 Å². The molecule has 5 rings (SSSR count). The Kier molecular flexibility index (Phi) is 7.91. The Morgan fingerprint density at radius 2 is 1.95 bits per heavy atom. The summed E-state index contributed by atoms with van der Waals surface area (Å²) in [6.07, 6.45) is 3.57. The van der Waals surface area contributed by atoms with Gasteiger partial charge in [0.05, 0.1) is 28.3 Å². The first-order chi connectivity index (χ1) is 19.7. The molecule has 0 spiro atoms. The second-order valence-corrected chi connectivity index (χ2v) is 10.8. The predicted octanol–water partition coefficient (Wildman–Crippen LogP) is 6.83. The summed E-state index contributed by atoms with van der Waals surface area (Å²) in [5, 5.41) is 22.0. The molecule has 2 bridgehead atoms. The summed E-state index contributed by atoms with van der Waals surface area (Å²) in [5.74, 6) is -2.58. The molecule has 9 heteroatoms. The normalized spacial score (nSPS) is 19.2. The van der Waals surface area contributed by atoms with Crippen molar-refractivity contribution in [2.75, 3.05) is 11.9 Å². The van der Waals surface area contributed by atoms with Gasteiger partial charge in [-0.2, -0.15) is 5.26 Å². The number of carbonyl (C=O) groups is 3. The van der Waals surface area contributed by atoms with Crippen LogP contribution in [0.3, 0.4) is 0 Å². The first kappa shape index (κ1) is 28.1. The number of anilines is 1. The fourth-order valence-corrected chi connectivity index (χ4v) is 5.72. The number of rotatable bonds is 3. The van der Waals surface area contributed by atoms with Crippen LogP contribution in [0.2, 0.25) is 5.02 Å². The molecular weight excluding hydrogens is 545 g/mol. The first-order valence-corrected chi connectivity index (χ1v) is 13.7. The fraction of sp³-hybridized carbons (Fsp3) is 0.250. The van der Waals surface area contributed by atoms with Crippen LogP contribution in [0.15, 0.2) is 60.7 Å². The van der Waals surface area contributed by atoms with Gasteiger partial charge in [0.15, 0.2) is 5.82 Å². The molecule has 0 saturated carbocycles. The van der Waals surface area contributed by atoms with E-state index in [-0.39, 0.29) is 45.5 Å². The molecule has 208 valence electrons. The van der Waals surface area contributed by atoms with Crippen molar-refractivity contribution in [1.29, 1.82) is 5.26 Å². The first-order valence-electron chi connectivity index (χ1n) is 13.4. The molecule has 0 unspecified atom stereocenters. The summed E-state index contributed by atoms with van der Waals surface area (Å²) in [4.78, 5) is 40.0. The second-order valence-electron chi connectivity index (χ2n) is 10.4. The van der Waals surface area contributed by atoms with E-state index >= 15 is 0 Å². The van der Waals surface area contributed by atoms with Gasteiger partial charge < -0.3 is 15.3 Å². The molecular formula is C32H27ClFN3O4. The topological polar surface area (TPSA) is 110 Å². The van der Waals surface area contributed by atoms with Crippen LogP contribution in [0, 0.1) is 23.1 Å². The number of amides is 2. The summed E-state index contributed by atoms with van der Waals surface area (Å²) in [6, 6.07) is 16.6. The zero-order chi connectivity index (χ0) is 29.3. The smallest absolute Gasteiger partial charge is 0.335 e. The van der Waals surface area contributed by atoms with Crippen LogP contribution >= 0.6 is 11.6 Å². The van der Waals surface area contributed by atoms with Gasteiger partial charge in [0.1, 0.15) is 0 Å². The van der Waals surface area contributed by atoms with Crippen molar-refractivity contribution in [1.82, 2.24) is 4.90 Å². The lowest BCUT2D eigenvalue weighted by molar-refractivity contribution is -0.129. The molecule has 2 N–H and O–H groups in total. The number of nitrogens with one attached hydrogen (secondary N) is 1. The zero-order valence-corrected chi connectivity index (χ0v) is 23.0. The Morgan fingerprint density at radius 3 is 2.68 bits per heavy atom. The monoisotopic (exact) mass is 571 g/mol. The molecule has 41 heavy (non-hydrogen) atoms. The lowest BCUT2D eigenvalue weighted by atomic mass is 9.89. The largest absolute Gasteiger partial charge is 0.478 e. The number of hydrogen-bond donors (Lipinski definition) is 2. The molecule has 2 aliphatic rings. The minimum absolute atomic E-state index is 0.0550. The van der Waals surface area contributed by atoms with E-state index in [9.17, 15) is 29.1 Å². The van der Waals surface area contributed by atoms with Gasteiger partial charge in [-0.05, 0) is 72.4 Å². The maximum atomic E-state index is 15.0. The number of carboxylic acids is 1. The highest BCUT2D eigenvalue weighted by molar-refractivity contribution is 6.31. The van der Waals surface area contributed by atoms with Gasteiger partial charge >= 0.3 is 5.97 Å². The van der Waals surface area contributed by atoms with Gasteiger partial charge in [0.25, 0.3) is 0 Å². The van der Waals surface area contributed by atoms with E-state index in [2.05, 4.69) is 5.32 Å². The van der Waals surface area contributed by atoms with Gasteiger partial charge in [0.2, 0.25) is 11.8 Å². The molecule has 0 saturated heterocycles. The van der Waals surface area contributed by atoms with Gasteiger partial charge in [-0.15, -0.1) is 0 Å². The number of benzene rings is 3. The molecule has 0 radical (unpaired) electrons. The van der Waals surface area contributed by atoms with Crippen molar-refractivity contribution >= 4 is 40.6 Å². The number of nitrogens with zero attached hydrogens (tertiary/aromatic N) is 2. The van der Waals surface area contributed by atoms with E-state index in [0.717, 1.165) is 5.56 Å². The predicted molar refractivity (Wildman–Crippen MR) is 154 cm³/mol. The summed E-state index contributed by atoms with van der Waals surface area (Å²) >= 11 is 5.99. The maximum absolute atomic E-state index is 15.0. The van der Waals surface area contributed by atoms with Crippen molar-refractivity contribution in [3.8, 4) is 17.2 Å². The Balaban J connectivity index is 1.56. The van der Waals surface area contributed by atoms with Gasteiger partial charge in [-0.3, -0.25) is 9.59 Å². The number of carboxylic acid groups (broad SMARTS) is 1. The van der Waals surface area contributed by atoms with Crippen molar-refractivity contribution in [3.63, 3.8) is 0 Å². The molecule has 0 aliphatic carbocycles. The summed E-state index contributed by atoms with van der Waals surface area (Å²) in [5.41, 5.74) is 3.34. The molecule has 7 nitrogen and oxygen atoms in total. The number of hydrogen-bond acceptors (Lipinski definition) is 4. The average Bonchev–Trinajstić information content (AvgIpc) is 2.96. The molecule has 2 atom stereocenters. The summed E-state index contributed by atoms with van der Waals surface area (Å²) < 4.78 is 15.0. The van der Waals surface area contributed by atoms with Crippen LogP contribution in [0.4, 0.5) is 10.1 Å². The van der Waals surface area contributed by atoms with Crippen molar-refractivity contribution in [2.24, 2.45) is 5.92 Å². The standard InChI is InChI=1S/C32H27ClFN3O4/c1-18-4-2-7-27(37-13-12-21(16-28(37)38)29-23(17-35)8-10-25(33)30(29)34)20-6-3-5-19(14-20)24-15-22(32(40)41)9-11-26(24)36-31(18)39/h3,5-6,8-11,14-16,18,27H,2,4,7,12-13H2,1H3,(H,36,39)(H,40,41)/t18-,27+/m1/s1. The quantitative estimate of drug-likeness (QED) is 0.358. The van der Waals surface area contributed by atoms with Crippen LogP contribution in [-0.4, -0.2) is 34.3 Å². The number of carbonyl (C=O) groups excluding carboxylic acids is 2. The Morgan fingerprint density at radius 1 is 1.15 bits per heavy atom. The highest BCUT2D eigenvalue weighted by Crippen LogP contribution is 2.38. The van der Waals surface area contributed by atoms with Crippen LogP contribution < -0.4 is 5.32 Å². The minimum atomic E-state index is -1.08. The summed E-state index contributed by atoms with van der Waals surface area (Å²) in [6.45, 7) is 2.14. The van der Waals surface area contributed by atoms with E-state index in [1.165, 1.54) is 30.3 Å². The van der Waals surface area contributed by atoms with Crippen LogP contribution in [0.1, 0.15) is 65.7 Å². The van der Waals surface area contributed by atoms with Gasteiger partial charge in [0, 0.05) is 35.4 Å². The summed E-state index contributed by atoms with van der Waals surface area (Å²) in [7, 11) is 0. The molecule has 0 fully saturated rings. The maximum Gasteiger partial charge on any atom is 0.335 e. The zero-order valence-electron chi connectivity index (χ0n) is 22.3. The Hall–Kier alpha value is -4.48. The number of nitriles is 1. The molecule has 2 aliphatic heterocycles. The van der Waals surface area contributed by atoms with Crippen LogP contribution in [-0.2, 0) is 9.59 Å². The number of aromatic carboxylic acids is 1. The highest BCUT2D eigenvalue weighted by Gasteiger charge is 2.30. The van der Waals surface area contributed by atoms with Gasteiger partial charge in [-0.1, -0.05) is 43.1 Å². The third-order valence-corrected chi connectivity index (χ3v) is 8.08. The van der Waals surface area contributed by atoms with Crippen molar-refractivity contribution in [2.45, 2.75) is 38.6 Å². The Bertz CT molecular complexity index is 1640. The fourth-order valence-electron chi connectivity index (χ4n) is 5.57. The third kappa shape index (κ3) is 5.59. The van der Waals surface area contributed by atoms with Crippen LogP contribution in [0.5, 0.6) is 0 Å². The van der Waals surface area contributed by atoms with E-state index in [4.69, 9.17) is 11.6 Å². The molecule has 2 heterocycles. The molecule has 2 amide bonds. The van der Waals surface area contributed by atoms with Crippen molar-refractivity contribution in [3.05, 3.63) is 93.8 Å². The molecule has 0 aromatic heterocycles. The van der Waals surface area contributed by atoms with E-state index in [0.29, 0.717) is 54.6 Å². The number of halogens is 2. The SMILES string of the molecule is C[C@@H]1CCC[C@H](N2CCC(c3c(C#N)ccc(Cl)c3F)=CC2=O)c2cccc(c2)-c2cc(C(=O)O)ccc2NC1=O. The molecule has 3 aromatic rings. The third-order valence-electron chi connectivity index (χ3n) is 7.78. The number of fused-ring (bicyclic) bond motifs is 4. The van der Waals surface area contributed by atoms with E-state index in [1.54, 1.807) is 11.0 Å². The van der Waals surface area contributed by atoms with Crippen LogP contribution in [0.25, 0.3) is 16.7 Å². The average molecular weight is 572 g/mol. The second kappa shape index (κ2) is 11.6. The highest BCUT2D eigenvalue weighted by atomic mass is 35.5. The Labute approximate surface area is 241 Å². The lowest BCUT2D eigenvalue weighted by Gasteiger charge is -2.35.